The highest BCUT2D eigenvalue weighted by Crippen LogP contribution is 2.44. The molecule has 3 aliphatic rings. The van der Waals surface area contributed by atoms with Crippen molar-refractivity contribution in [3.8, 4) is 0 Å². The van der Waals surface area contributed by atoms with E-state index in [2.05, 4.69) is 10.7 Å². The van der Waals surface area contributed by atoms with Crippen LogP contribution in [0.25, 0.3) is 10.8 Å². The Morgan fingerprint density at radius 3 is 2.27 bits per heavy atom. The van der Waals surface area contributed by atoms with Gasteiger partial charge >= 0.3 is 0 Å². The average Bonchev–Trinajstić information content (AvgIpc) is 3.26. The molecule has 3 atom stereocenters. The fraction of sp³-hybridized carbons (Fsp3) is 0.350. The molecule has 2 aliphatic carbocycles. The van der Waals surface area contributed by atoms with Crippen LogP contribution >= 0.6 is 12.2 Å². The van der Waals surface area contributed by atoms with Gasteiger partial charge in [-0.3, -0.25) is 15.0 Å². The minimum atomic E-state index is -0.364. The molecule has 1 heterocycles. The van der Waals surface area contributed by atoms with Crippen molar-refractivity contribution in [2.45, 2.75) is 31.7 Å². The molecule has 0 radical (unpaired) electrons. The molecule has 5 rings (SSSR count). The number of hydrazine groups is 1. The van der Waals surface area contributed by atoms with Crippen molar-refractivity contribution in [1.82, 2.24) is 15.8 Å². The minimum Gasteiger partial charge on any atom is -0.358 e. The van der Waals surface area contributed by atoms with Crippen molar-refractivity contribution in [1.29, 1.82) is 0 Å². The number of amides is 2. The van der Waals surface area contributed by atoms with Crippen LogP contribution in [-0.2, 0) is 0 Å². The van der Waals surface area contributed by atoms with E-state index in [0.717, 1.165) is 28.1 Å². The second kappa shape index (κ2) is 5.77. The monoisotopic (exact) mass is 365 g/mol. The van der Waals surface area contributed by atoms with Gasteiger partial charge in [0.2, 0.25) is 0 Å². The Labute approximate surface area is 156 Å². The van der Waals surface area contributed by atoms with E-state index in [1.165, 1.54) is 19.3 Å². The molecule has 0 aromatic heterocycles. The van der Waals surface area contributed by atoms with Gasteiger partial charge < -0.3 is 5.32 Å². The number of carbonyl (C=O) groups excluding carboxylic acids is 2. The third-order valence-corrected chi connectivity index (χ3v) is 6.25. The van der Waals surface area contributed by atoms with Gasteiger partial charge in [0, 0.05) is 11.4 Å². The van der Waals surface area contributed by atoms with Crippen molar-refractivity contribution in [3.63, 3.8) is 0 Å². The highest BCUT2D eigenvalue weighted by atomic mass is 32.1. The Hall–Kier alpha value is -2.47. The Bertz CT molecular complexity index is 906. The van der Waals surface area contributed by atoms with Crippen LogP contribution in [0.4, 0.5) is 0 Å². The number of hydrogen-bond acceptors (Lipinski definition) is 3. The Morgan fingerprint density at radius 1 is 1.00 bits per heavy atom. The summed E-state index contributed by atoms with van der Waals surface area (Å²) in [6.07, 6.45) is 4.93. The fourth-order valence-corrected chi connectivity index (χ4v) is 5.10. The maximum atomic E-state index is 12.9. The normalized spacial score (nSPS) is 26.5. The second-order valence-electron chi connectivity index (χ2n) is 7.52. The highest BCUT2D eigenvalue weighted by Gasteiger charge is 2.40. The first kappa shape index (κ1) is 15.8. The molecule has 132 valence electrons. The van der Waals surface area contributed by atoms with Gasteiger partial charge in [0.1, 0.15) is 0 Å². The summed E-state index contributed by atoms with van der Waals surface area (Å²) >= 11 is 5.40. The number of fused-ring (bicyclic) bond motifs is 2. The third-order valence-electron chi connectivity index (χ3n) is 6.04. The van der Waals surface area contributed by atoms with E-state index in [0.29, 0.717) is 28.2 Å². The maximum Gasteiger partial charge on any atom is 0.280 e. The SMILES string of the molecule is O=C1c2cccc3cccc(c23)C(=O)N1NC(=S)N[C@@H]1C[C@H]2CC[C@@H]1C2. The van der Waals surface area contributed by atoms with Crippen LogP contribution in [0.3, 0.4) is 0 Å². The number of nitrogens with one attached hydrogen (secondary N) is 2. The number of thiocarbonyl (C=S) groups is 1. The summed E-state index contributed by atoms with van der Waals surface area (Å²) in [4.78, 5) is 25.7. The molecule has 0 saturated heterocycles. The number of hydrogen-bond donors (Lipinski definition) is 2. The molecule has 0 unspecified atom stereocenters. The summed E-state index contributed by atoms with van der Waals surface area (Å²) in [5.41, 5.74) is 3.89. The van der Waals surface area contributed by atoms with Crippen LogP contribution in [-0.4, -0.2) is 28.0 Å². The van der Waals surface area contributed by atoms with Crippen LogP contribution in [0, 0.1) is 11.8 Å². The number of benzene rings is 2. The molecule has 26 heavy (non-hydrogen) atoms. The van der Waals surface area contributed by atoms with Crippen molar-refractivity contribution in [2.75, 3.05) is 0 Å². The smallest absolute Gasteiger partial charge is 0.280 e. The Balaban J connectivity index is 1.39. The van der Waals surface area contributed by atoms with E-state index < -0.39 is 0 Å². The van der Waals surface area contributed by atoms with Crippen molar-refractivity contribution >= 4 is 39.9 Å². The molecule has 2 bridgehead atoms. The lowest BCUT2D eigenvalue weighted by atomic mass is 9.95. The zero-order valence-electron chi connectivity index (χ0n) is 14.2. The molecule has 0 spiro atoms. The first-order valence-corrected chi connectivity index (χ1v) is 9.50. The predicted octanol–water partition coefficient (Wildman–Crippen LogP) is 3.00. The minimum absolute atomic E-state index is 0.343. The van der Waals surface area contributed by atoms with E-state index >= 15 is 0 Å². The molecule has 2 aromatic rings. The van der Waals surface area contributed by atoms with Crippen molar-refractivity contribution < 1.29 is 9.59 Å². The lowest BCUT2D eigenvalue weighted by Gasteiger charge is -2.30. The summed E-state index contributed by atoms with van der Waals surface area (Å²) < 4.78 is 0. The zero-order valence-corrected chi connectivity index (χ0v) is 15.0. The van der Waals surface area contributed by atoms with E-state index in [-0.39, 0.29) is 11.8 Å². The van der Waals surface area contributed by atoms with Crippen LogP contribution in [0.1, 0.15) is 46.4 Å². The van der Waals surface area contributed by atoms with Gasteiger partial charge in [0.25, 0.3) is 11.8 Å². The van der Waals surface area contributed by atoms with Gasteiger partial charge in [-0.05, 0) is 60.8 Å². The molecule has 2 fully saturated rings. The third kappa shape index (κ3) is 2.32. The first-order valence-electron chi connectivity index (χ1n) is 9.09. The number of nitrogens with zero attached hydrogens (tertiary/aromatic N) is 1. The number of carbonyl (C=O) groups is 2. The molecule has 5 nitrogen and oxygen atoms in total. The Kier molecular flexibility index (Phi) is 3.50. The fourth-order valence-electron chi connectivity index (χ4n) is 4.86. The standard InChI is InChI=1S/C20H19N3O2S/c24-18-14-5-1-3-12-4-2-6-15(17(12)14)19(25)23(18)22-20(26)21-16-10-11-7-8-13(16)9-11/h1-6,11,13,16H,7-10H2,(H2,21,22,26)/t11-,13+,16+/m0/s1. The van der Waals surface area contributed by atoms with Crippen LogP contribution in [0.2, 0.25) is 0 Å². The van der Waals surface area contributed by atoms with Crippen LogP contribution in [0.5, 0.6) is 0 Å². The summed E-state index contributed by atoms with van der Waals surface area (Å²) in [5, 5.41) is 6.32. The maximum absolute atomic E-state index is 12.9. The molecule has 1 aliphatic heterocycles. The van der Waals surface area contributed by atoms with Crippen LogP contribution < -0.4 is 10.7 Å². The quantitative estimate of drug-likeness (QED) is 0.633. The molecule has 6 heteroatoms. The van der Waals surface area contributed by atoms with Crippen LogP contribution in [0.15, 0.2) is 36.4 Å². The van der Waals surface area contributed by atoms with E-state index in [9.17, 15) is 9.59 Å². The molecular weight excluding hydrogens is 346 g/mol. The van der Waals surface area contributed by atoms with Gasteiger partial charge in [-0.15, -0.1) is 0 Å². The zero-order chi connectivity index (χ0) is 17.8. The van der Waals surface area contributed by atoms with Gasteiger partial charge in [0.05, 0.1) is 11.1 Å². The predicted molar refractivity (Wildman–Crippen MR) is 103 cm³/mol. The summed E-state index contributed by atoms with van der Waals surface area (Å²) in [5.74, 6) is 0.720. The van der Waals surface area contributed by atoms with Gasteiger partial charge in [0.15, 0.2) is 5.11 Å². The van der Waals surface area contributed by atoms with E-state index in [4.69, 9.17) is 12.2 Å². The highest BCUT2D eigenvalue weighted by molar-refractivity contribution is 7.80. The number of rotatable bonds is 2. The van der Waals surface area contributed by atoms with Gasteiger partial charge in [-0.1, -0.05) is 30.7 Å². The van der Waals surface area contributed by atoms with Gasteiger partial charge in [-0.25, -0.2) is 0 Å². The topological polar surface area (TPSA) is 61.4 Å². The largest absolute Gasteiger partial charge is 0.358 e. The first-order chi connectivity index (χ1) is 12.6. The molecule has 2 saturated carbocycles. The Morgan fingerprint density at radius 2 is 1.69 bits per heavy atom. The lowest BCUT2D eigenvalue weighted by molar-refractivity contribution is 0.0565. The van der Waals surface area contributed by atoms with Crippen molar-refractivity contribution in [2.24, 2.45) is 11.8 Å². The van der Waals surface area contributed by atoms with E-state index in [1.54, 1.807) is 12.1 Å². The molecule has 2 aromatic carbocycles. The number of imide groups is 1. The summed E-state index contributed by atoms with van der Waals surface area (Å²) in [7, 11) is 0. The average molecular weight is 365 g/mol. The summed E-state index contributed by atoms with van der Waals surface area (Å²) in [6, 6.07) is 11.3. The van der Waals surface area contributed by atoms with Gasteiger partial charge in [-0.2, -0.15) is 5.01 Å². The molecule has 2 N–H and O–H groups in total. The molecular formula is C20H19N3O2S. The summed E-state index contributed by atoms with van der Waals surface area (Å²) in [6.45, 7) is 0. The second-order valence-corrected chi connectivity index (χ2v) is 7.93. The lowest BCUT2D eigenvalue weighted by Crippen LogP contribution is -2.56. The van der Waals surface area contributed by atoms with E-state index in [1.807, 2.05) is 24.3 Å². The molecule has 2 amide bonds. The van der Waals surface area contributed by atoms with Crippen molar-refractivity contribution in [3.05, 3.63) is 47.5 Å².